The van der Waals surface area contributed by atoms with Gasteiger partial charge in [0.1, 0.15) is 0 Å². The lowest BCUT2D eigenvalue weighted by Gasteiger charge is -2.11. The van der Waals surface area contributed by atoms with Crippen LogP contribution in [-0.2, 0) is 10.0 Å². The van der Waals surface area contributed by atoms with Crippen LogP contribution in [0.2, 0.25) is 0 Å². The number of aryl methyl sites for hydroxylation is 1. The lowest BCUT2D eigenvalue weighted by molar-refractivity contribution is 0.354. The second-order valence-corrected chi connectivity index (χ2v) is 8.23. The van der Waals surface area contributed by atoms with Crippen LogP contribution < -0.4 is 14.2 Å². The van der Waals surface area contributed by atoms with E-state index >= 15 is 0 Å². The molecule has 0 fully saturated rings. The molecule has 0 radical (unpaired) electrons. The van der Waals surface area contributed by atoms with E-state index in [9.17, 15) is 8.42 Å². The average molecular weight is 424 g/mol. The molecule has 0 aliphatic carbocycles. The first-order chi connectivity index (χ1) is 14.4. The number of benzene rings is 2. The maximum absolute atomic E-state index is 12.9. The Hall–Kier alpha value is -3.59. The molecule has 0 aliphatic rings. The van der Waals surface area contributed by atoms with Gasteiger partial charge in [-0.2, -0.15) is 5.10 Å². The summed E-state index contributed by atoms with van der Waals surface area (Å²) in [5.41, 5.74) is 2.61. The van der Waals surface area contributed by atoms with Crippen LogP contribution in [0.3, 0.4) is 0 Å². The van der Waals surface area contributed by atoms with Gasteiger partial charge >= 0.3 is 0 Å². The van der Waals surface area contributed by atoms with Gasteiger partial charge in [0.05, 0.1) is 42.4 Å². The number of hydrogen-bond acceptors (Lipinski definition) is 6. The second-order valence-electron chi connectivity index (χ2n) is 6.55. The molecule has 0 saturated heterocycles. The van der Waals surface area contributed by atoms with Crippen molar-refractivity contribution in [2.75, 3.05) is 18.9 Å². The number of rotatable bonds is 6. The normalized spacial score (nSPS) is 11.4. The van der Waals surface area contributed by atoms with Crippen LogP contribution in [0, 0.1) is 6.92 Å². The molecule has 0 bridgehead atoms. The first-order valence-corrected chi connectivity index (χ1v) is 10.6. The van der Waals surface area contributed by atoms with Gasteiger partial charge in [0, 0.05) is 11.5 Å². The van der Waals surface area contributed by atoms with Crippen molar-refractivity contribution in [3.05, 3.63) is 66.5 Å². The number of ether oxygens (including phenoxy) is 2. The molecule has 2 aromatic carbocycles. The van der Waals surface area contributed by atoms with Crippen LogP contribution >= 0.6 is 0 Å². The number of nitrogens with zero attached hydrogens (tertiary/aromatic N) is 3. The Labute approximate surface area is 174 Å². The number of sulfonamides is 1. The van der Waals surface area contributed by atoms with Gasteiger partial charge in [-0.05, 0) is 37.3 Å². The number of pyridine rings is 1. The third-order valence-corrected chi connectivity index (χ3v) is 6.00. The minimum absolute atomic E-state index is 0.0527. The topological polar surface area (TPSA) is 95.3 Å². The Morgan fingerprint density at radius 2 is 1.70 bits per heavy atom. The van der Waals surface area contributed by atoms with Crippen molar-refractivity contribution in [2.24, 2.45) is 0 Å². The van der Waals surface area contributed by atoms with Crippen LogP contribution in [0.5, 0.6) is 11.5 Å². The molecule has 2 heterocycles. The Morgan fingerprint density at radius 1 is 0.967 bits per heavy atom. The number of methoxy groups -OCH3 is 2. The summed E-state index contributed by atoms with van der Waals surface area (Å²) in [5.74, 6) is 0.775. The smallest absolute Gasteiger partial charge is 0.262 e. The summed E-state index contributed by atoms with van der Waals surface area (Å²) >= 11 is 0. The van der Waals surface area contributed by atoms with Gasteiger partial charge in [0.15, 0.2) is 17.1 Å². The summed E-state index contributed by atoms with van der Waals surface area (Å²) in [6.07, 6.45) is 1.47. The van der Waals surface area contributed by atoms with Gasteiger partial charge in [-0.3, -0.25) is 4.72 Å². The van der Waals surface area contributed by atoms with Crippen LogP contribution in [0.1, 0.15) is 5.69 Å². The van der Waals surface area contributed by atoms with Gasteiger partial charge in [0.2, 0.25) is 0 Å². The molecule has 0 spiro atoms. The average Bonchev–Trinajstić information content (AvgIpc) is 3.09. The number of hydrogen-bond donors (Lipinski definition) is 1. The van der Waals surface area contributed by atoms with Crippen molar-refractivity contribution in [3.8, 4) is 17.2 Å². The monoisotopic (exact) mass is 424 g/mol. The highest BCUT2D eigenvalue weighted by Gasteiger charge is 2.19. The van der Waals surface area contributed by atoms with E-state index in [1.807, 2.05) is 37.3 Å². The summed E-state index contributed by atoms with van der Waals surface area (Å²) in [5, 5.41) is 5.30. The third kappa shape index (κ3) is 3.55. The fourth-order valence-corrected chi connectivity index (χ4v) is 4.20. The maximum Gasteiger partial charge on any atom is 0.262 e. The fourth-order valence-electron chi connectivity index (χ4n) is 3.15. The van der Waals surface area contributed by atoms with E-state index in [4.69, 9.17) is 9.47 Å². The third-order valence-electron chi connectivity index (χ3n) is 4.63. The predicted octanol–water partition coefficient (Wildman–Crippen LogP) is 3.55. The predicted molar refractivity (Wildman–Crippen MR) is 114 cm³/mol. The van der Waals surface area contributed by atoms with Crippen LogP contribution in [0.4, 0.5) is 5.69 Å². The number of anilines is 1. The van der Waals surface area contributed by atoms with Crippen LogP contribution in [0.25, 0.3) is 16.7 Å². The molecule has 9 heteroatoms. The molecule has 8 nitrogen and oxygen atoms in total. The number of fused-ring (bicyclic) bond motifs is 1. The molecular weight excluding hydrogens is 404 g/mol. The summed E-state index contributed by atoms with van der Waals surface area (Å²) in [6, 6.07) is 15.8. The van der Waals surface area contributed by atoms with Crippen molar-refractivity contribution < 1.29 is 17.9 Å². The summed E-state index contributed by atoms with van der Waals surface area (Å²) in [4.78, 5) is 4.50. The molecule has 0 unspecified atom stereocenters. The quantitative estimate of drug-likeness (QED) is 0.509. The van der Waals surface area contributed by atoms with Crippen molar-refractivity contribution in [1.82, 2.24) is 14.8 Å². The van der Waals surface area contributed by atoms with Gasteiger partial charge in [0.25, 0.3) is 10.0 Å². The first-order valence-electron chi connectivity index (χ1n) is 9.08. The van der Waals surface area contributed by atoms with Gasteiger partial charge < -0.3 is 9.47 Å². The van der Waals surface area contributed by atoms with Crippen molar-refractivity contribution in [1.29, 1.82) is 0 Å². The Bertz CT molecular complexity index is 1320. The van der Waals surface area contributed by atoms with Gasteiger partial charge in [-0.25, -0.2) is 18.1 Å². The molecule has 4 rings (SSSR count). The van der Waals surface area contributed by atoms with E-state index < -0.39 is 10.0 Å². The van der Waals surface area contributed by atoms with Gasteiger partial charge in [-0.15, -0.1) is 0 Å². The standard InChI is InChI=1S/C21H20N4O4S/c1-14-18-11-15(13-22-21(18)25(23-14)16-7-5-4-6-8-16)24-30(26,27)17-9-10-19(28-2)20(12-17)29-3/h4-13,24H,1-3H3. The number of para-hydroxylation sites is 1. The van der Waals surface area contributed by atoms with E-state index in [1.165, 1.54) is 32.5 Å². The first kappa shape index (κ1) is 19.7. The Kier molecular flexibility index (Phi) is 5.04. The lowest BCUT2D eigenvalue weighted by atomic mass is 10.2. The van der Waals surface area contributed by atoms with Crippen molar-refractivity contribution in [3.63, 3.8) is 0 Å². The molecule has 2 aromatic heterocycles. The molecule has 1 N–H and O–H groups in total. The minimum Gasteiger partial charge on any atom is -0.493 e. The summed E-state index contributed by atoms with van der Waals surface area (Å²) in [7, 11) is -0.910. The molecule has 4 aromatic rings. The zero-order valence-corrected chi connectivity index (χ0v) is 17.5. The molecular formula is C21H20N4O4S. The fraction of sp³-hybridized carbons (Fsp3) is 0.143. The largest absolute Gasteiger partial charge is 0.493 e. The minimum atomic E-state index is -3.85. The highest BCUT2D eigenvalue weighted by atomic mass is 32.2. The molecule has 0 aliphatic heterocycles. The lowest BCUT2D eigenvalue weighted by Crippen LogP contribution is -2.13. The molecule has 154 valence electrons. The highest BCUT2D eigenvalue weighted by Crippen LogP contribution is 2.30. The van der Waals surface area contributed by atoms with Crippen LogP contribution in [0.15, 0.2) is 65.7 Å². The molecule has 0 amide bonds. The van der Waals surface area contributed by atoms with Crippen molar-refractivity contribution >= 4 is 26.7 Å². The SMILES string of the molecule is COc1ccc(S(=O)(=O)Nc2cnc3c(c2)c(C)nn3-c2ccccc2)cc1OC. The summed E-state index contributed by atoms with van der Waals surface area (Å²) < 4.78 is 40.4. The highest BCUT2D eigenvalue weighted by molar-refractivity contribution is 7.92. The zero-order chi connectivity index (χ0) is 21.3. The van der Waals surface area contributed by atoms with E-state index in [0.717, 1.165) is 16.8 Å². The van der Waals surface area contributed by atoms with Crippen molar-refractivity contribution in [2.45, 2.75) is 11.8 Å². The Balaban J connectivity index is 1.70. The molecule has 0 saturated carbocycles. The van der Waals surface area contributed by atoms with E-state index in [0.29, 0.717) is 22.8 Å². The second kappa shape index (κ2) is 7.68. The van der Waals surface area contributed by atoms with E-state index in [1.54, 1.807) is 16.8 Å². The van der Waals surface area contributed by atoms with E-state index in [-0.39, 0.29) is 4.90 Å². The van der Waals surface area contributed by atoms with E-state index in [2.05, 4.69) is 14.8 Å². The molecule has 30 heavy (non-hydrogen) atoms. The maximum atomic E-state index is 12.9. The Morgan fingerprint density at radius 3 is 2.40 bits per heavy atom. The van der Waals surface area contributed by atoms with Crippen LogP contribution in [-0.4, -0.2) is 37.4 Å². The number of aromatic nitrogens is 3. The molecule has 0 atom stereocenters. The number of nitrogens with one attached hydrogen (secondary N) is 1. The zero-order valence-electron chi connectivity index (χ0n) is 16.7. The van der Waals surface area contributed by atoms with Gasteiger partial charge in [-0.1, -0.05) is 18.2 Å². The summed E-state index contributed by atoms with van der Waals surface area (Å²) in [6.45, 7) is 1.86.